The summed E-state index contributed by atoms with van der Waals surface area (Å²) in [7, 11) is 0. The van der Waals surface area contributed by atoms with Gasteiger partial charge in [-0.05, 0) is 115 Å². The monoisotopic (exact) mass is 575 g/mol. The van der Waals surface area contributed by atoms with E-state index in [2.05, 4.69) is 53.6 Å². The van der Waals surface area contributed by atoms with Crippen molar-refractivity contribution >= 4 is 11.7 Å². The Hall–Kier alpha value is -1.88. The molecular weight excluding hydrogens is 522 g/mol. The quantitative estimate of drug-likeness (QED) is 0.169. The van der Waals surface area contributed by atoms with Crippen molar-refractivity contribution in [3.63, 3.8) is 0 Å². The summed E-state index contributed by atoms with van der Waals surface area (Å²) in [6, 6.07) is 9.51. The SMILES string of the molecule is CC(C)[C@@H]1CC[C@]2(COC(=O)c3ccccc3)CC[C@]3(C)[C@H](CC[C@@H]4[C@@]5(C)/C(=N/O)[C@H]6O[C@H]6C(C)(C)[C@@H]5CC[C@]43C)[C@@H]12. The van der Waals surface area contributed by atoms with Gasteiger partial charge in [0, 0.05) is 10.8 Å². The lowest BCUT2D eigenvalue weighted by Gasteiger charge is -2.72. The van der Waals surface area contributed by atoms with Crippen LogP contribution in [-0.2, 0) is 9.47 Å². The van der Waals surface area contributed by atoms with Gasteiger partial charge in [0.1, 0.15) is 6.10 Å². The van der Waals surface area contributed by atoms with Crippen molar-refractivity contribution in [2.45, 2.75) is 112 Å². The van der Waals surface area contributed by atoms with Crippen molar-refractivity contribution < 1.29 is 19.5 Å². The van der Waals surface area contributed by atoms with Crippen molar-refractivity contribution in [3.05, 3.63) is 35.9 Å². The first-order valence-electron chi connectivity index (χ1n) is 17.0. The lowest BCUT2D eigenvalue weighted by molar-refractivity contribution is -0.221. The molecule has 1 saturated heterocycles. The second kappa shape index (κ2) is 9.31. The molecule has 5 heteroatoms. The topological polar surface area (TPSA) is 71.4 Å². The summed E-state index contributed by atoms with van der Waals surface area (Å²) in [5, 5.41) is 14.5. The number of rotatable bonds is 4. The minimum absolute atomic E-state index is 0.0161. The fourth-order valence-corrected chi connectivity index (χ4v) is 13.0. The van der Waals surface area contributed by atoms with Gasteiger partial charge in [0.15, 0.2) is 0 Å². The van der Waals surface area contributed by atoms with Crippen LogP contribution in [0, 0.1) is 62.6 Å². The predicted octanol–water partition coefficient (Wildman–Crippen LogP) is 8.40. The number of carbonyl (C=O) groups excluding carboxylic acids is 1. The van der Waals surface area contributed by atoms with Crippen LogP contribution in [0.15, 0.2) is 35.5 Å². The highest BCUT2D eigenvalue weighted by molar-refractivity contribution is 5.98. The molecule has 0 aromatic heterocycles. The van der Waals surface area contributed by atoms with E-state index >= 15 is 0 Å². The Morgan fingerprint density at radius 3 is 2.38 bits per heavy atom. The van der Waals surface area contributed by atoms with E-state index in [9.17, 15) is 10.0 Å². The highest BCUT2D eigenvalue weighted by Crippen LogP contribution is 2.78. The standard InChI is InChI=1S/C37H53NO4/c1-22(2)24-15-18-37(21-41-32(39)23-11-9-8-10-12-23)20-19-34(5)25(28(24)37)13-14-27-35(34,6)17-16-26-33(3,4)31-29(42-31)30(38-40)36(26,27)7/h8-12,22,24-29,31,40H,13-21H2,1-7H3/b38-30+/t24-,25+,26-,27-,28+,29+,31+,34+,35+,36-,37+/m0/s1. The third-order valence-electron chi connectivity index (χ3n) is 15.2. The lowest BCUT2D eigenvalue weighted by atomic mass is 9.32. The summed E-state index contributed by atoms with van der Waals surface area (Å²) in [5.74, 6) is 3.25. The highest BCUT2D eigenvalue weighted by atomic mass is 16.6. The third kappa shape index (κ3) is 3.58. The van der Waals surface area contributed by atoms with E-state index in [0.29, 0.717) is 47.7 Å². The number of benzene rings is 1. The Balaban J connectivity index is 1.23. The van der Waals surface area contributed by atoms with E-state index in [4.69, 9.17) is 9.47 Å². The van der Waals surface area contributed by atoms with E-state index < -0.39 is 0 Å². The minimum atomic E-state index is -0.177. The van der Waals surface area contributed by atoms with Crippen LogP contribution in [0.5, 0.6) is 0 Å². The number of oxime groups is 1. The second-order valence-electron chi connectivity index (χ2n) is 17.0. The first-order chi connectivity index (χ1) is 19.8. The molecule has 6 fully saturated rings. The van der Waals surface area contributed by atoms with Gasteiger partial charge in [-0.3, -0.25) is 0 Å². The van der Waals surface area contributed by atoms with Gasteiger partial charge in [0.2, 0.25) is 0 Å². The maximum Gasteiger partial charge on any atom is 0.338 e. The maximum atomic E-state index is 13.1. The fraction of sp³-hybridized carbons (Fsp3) is 0.784. The van der Waals surface area contributed by atoms with Crippen molar-refractivity contribution in [2.24, 2.45) is 67.7 Å². The molecule has 6 aliphatic rings. The molecule has 230 valence electrons. The summed E-state index contributed by atoms with van der Waals surface area (Å²) >= 11 is 0. The van der Waals surface area contributed by atoms with E-state index in [1.165, 1.54) is 44.9 Å². The largest absolute Gasteiger partial charge is 0.461 e. The van der Waals surface area contributed by atoms with E-state index in [0.717, 1.165) is 12.1 Å². The number of nitrogens with zero attached hydrogens (tertiary/aromatic N) is 1. The van der Waals surface area contributed by atoms with Crippen molar-refractivity contribution in [2.75, 3.05) is 6.61 Å². The number of ether oxygens (including phenoxy) is 2. The molecule has 11 atom stereocenters. The minimum Gasteiger partial charge on any atom is -0.461 e. The normalized spacial score (nSPS) is 49.3. The number of carbonyl (C=O) groups is 1. The van der Waals surface area contributed by atoms with Crippen LogP contribution >= 0.6 is 0 Å². The number of fused-ring (bicyclic) bond motifs is 8. The average molecular weight is 576 g/mol. The highest BCUT2D eigenvalue weighted by Gasteiger charge is 2.76. The lowest BCUT2D eigenvalue weighted by Crippen LogP contribution is -2.68. The number of hydrogen-bond acceptors (Lipinski definition) is 5. The zero-order valence-corrected chi connectivity index (χ0v) is 27.0. The van der Waals surface area contributed by atoms with Gasteiger partial charge >= 0.3 is 5.97 Å². The van der Waals surface area contributed by atoms with Gasteiger partial charge in [-0.15, -0.1) is 0 Å². The molecule has 1 aliphatic heterocycles. The van der Waals surface area contributed by atoms with Gasteiger partial charge in [0.05, 0.1) is 24.0 Å². The second-order valence-corrected chi connectivity index (χ2v) is 17.0. The molecule has 1 heterocycles. The number of hydrogen-bond donors (Lipinski definition) is 1. The van der Waals surface area contributed by atoms with Crippen molar-refractivity contribution in [3.8, 4) is 0 Å². The first-order valence-corrected chi connectivity index (χ1v) is 17.0. The summed E-state index contributed by atoms with van der Waals surface area (Å²) in [5.41, 5.74) is 1.97. The average Bonchev–Trinajstić information content (AvgIpc) is 3.66. The number of esters is 1. The van der Waals surface area contributed by atoms with Gasteiger partial charge in [-0.2, -0.15) is 0 Å². The molecule has 0 bridgehead atoms. The zero-order chi connectivity index (χ0) is 29.9. The van der Waals surface area contributed by atoms with Gasteiger partial charge < -0.3 is 14.7 Å². The van der Waals surface area contributed by atoms with E-state index in [-0.39, 0.29) is 45.3 Å². The Kier molecular flexibility index (Phi) is 6.40. The van der Waals surface area contributed by atoms with Crippen LogP contribution in [0.2, 0.25) is 0 Å². The Morgan fingerprint density at radius 1 is 0.952 bits per heavy atom. The van der Waals surface area contributed by atoms with Crippen LogP contribution in [-0.4, -0.2) is 35.7 Å². The summed E-state index contributed by atoms with van der Waals surface area (Å²) < 4.78 is 12.5. The fourth-order valence-electron chi connectivity index (χ4n) is 13.0. The van der Waals surface area contributed by atoms with Crippen LogP contribution in [0.4, 0.5) is 0 Å². The molecular formula is C37H53NO4. The van der Waals surface area contributed by atoms with Crippen LogP contribution in [0.1, 0.15) is 110 Å². The summed E-state index contributed by atoms with van der Waals surface area (Å²) in [6.45, 7) is 17.9. The molecule has 1 aromatic carbocycles. The molecule has 7 rings (SSSR count). The summed E-state index contributed by atoms with van der Waals surface area (Å²) in [6.07, 6.45) is 9.72. The van der Waals surface area contributed by atoms with Crippen LogP contribution < -0.4 is 0 Å². The van der Waals surface area contributed by atoms with Gasteiger partial charge in [-0.1, -0.05) is 71.8 Å². The molecule has 5 aliphatic carbocycles. The van der Waals surface area contributed by atoms with Crippen LogP contribution in [0.25, 0.3) is 0 Å². The van der Waals surface area contributed by atoms with E-state index in [1.807, 2.05) is 30.3 Å². The third-order valence-corrected chi connectivity index (χ3v) is 15.2. The summed E-state index contributed by atoms with van der Waals surface area (Å²) in [4.78, 5) is 13.1. The smallest absolute Gasteiger partial charge is 0.338 e. The van der Waals surface area contributed by atoms with Gasteiger partial charge in [-0.25, -0.2) is 4.79 Å². The molecule has 0 unspecified atom stereocenters. The Bertz CT molecular complexity index is 1270. The molecule has 0 amide bonds. The Labute approximate surface area is 253 Å². The molecule has 0 spiro atoms. The molecule has 1 aromatic rings. The Morgan fingerprint density at radius 2 is 1.69 bits per heavy atom. The molecule has 5 saturated carbocycles. The zero-order valence-electron chi connectivity index (χ0n) is 27.0. The van der Waals surface area contributed by atoms with Gasteiger partial charge in [0.25, 0.3) is 0 Å². The van der Waals surface area contributed by atoms with Crippen molar-refractivity contribution in [1.29, 1.82) is 0 Å². The van der Waals surface area contributed by atoms with E-state index in [1.54, 1.807) is 0 Å². The molecule has 0 radical (unpaired) electrons. The number of epoxide rings is 1. The van der Waals surface area contributed by atoms with Crippen molar-refractivity contribution in [1.82, 2.24) is 0 Å². The molecule has 5 nitrogen and oxygen atoms in total. The van der Waals surface area contributed by atoms with Crippen LogP contribution in [0.3, 0.4) is 0 Å². The maximum absolute atomic E-state index is 13.1. The molecule has 1 N–H and O–H groups in total. The first kappa shape index (κ1) is 28.9. The predicted molar refractivity (Wildman–Crippen MR) is 164 cm³/mol. The molecule has 42 heavy (non-hydrogen) atoms.